The molecule has 0 spiro atoms. The number of carboxylic acid groups (broad SMARTS) is 1. The van der Waals surface area contributed by atoms with Gasteiger partial charge < -0.3 is 35.8 Å². The molecule has 36 heavy (non-hydrogen) atoms. The summed E-state index contributed by atoms with van der Waals surface area (Å²) < 4.78 is 5.38. The number of hydrogen-bond donors (Lipinski definition) is 5. The van der Waals surface area contributed by atoms with Crippen LogP contribution in [0, 0.1) is 0 Å². The number of carbonyl (C=O) groups is 4. The fourth-order valence-corrected chi connectivity index (χ4v) is 4.12. The number of aliphatic hydroxyl groups is 1. The Bertz CT molecular complexity index is 1230. The maximum atomic E-state index is 12.8. The van der Waals surface area contributed by atoms with Crippen molar-refractivity contribution in [3.05, 3.63) is 71.3 Å². The number of amides is 4. The third kappa shape index (κ3) is 5.63. The van der Waals surface area contributed by atoms with Crippen LogP contribution in [0.25, 0.3) is 0 Å². The lowest BCUT2D eigenvalue weighted by Crippen LogP contribution is -2.55. The van der Waals surface area contributed by atoms with Crippen molar-refractivity contribution in [2.24, 2.45) is 0 Å². The summed E-state index contributed by atoms with van der Waals surface area (Å²) in [5.41, 5.74) is 2.48. The van der Waals surface area contributed by atoms with Gasteiger partial charge in [0, 0.05) is 36.8 Å². The van der Waals surface area contributed by atoms with Crippen LogP contribution in [0.15, 0.2) is 54.6 Å². The van der Waals surface area contributed by atoms with E-state index in [2.05, 4.69) is 22.5 Å². The predicted octanol–water partition coefficient (Wildman–Crippen LogP) is 1.58. The Morgan fingerprint density at radius 3 is 2.75 bits per heavy atom. The molecule has 0 aliphatic carbocycles. The molecular formula is C25H26N4O7. The van der Waals surface area contributed by atoms with Crippen molar-refractivity contribution in [2.75, 3.05) is 11.9 Å². The zero-order valence-corrected chi connectivity index (χ0v) is 19.3. The van der Waals surface area contributed by atoms with Crippen molar-refractivity contribution in [1.29, 1.82) is 0 Å². The van der Waals surface area contributed by atoms with Crippen molar-refractivity contribution >= 4 is 29.5 Å². The standard InChI is InChI=1S/C25H26N4O7/c1-14(24(33)34)13-36-18-4-2-3-17(10-18)27-25(35)26-11-15-5-6-19-16(9-15)12-29(23(19)32)20-7-8-21(30)28-22(20)31/h2-6,9-10,20,22,31H,1,7-8,11-13H2,(H,28,30)(H,33,34)(H2,26,27,35). The highest BCUT2D eigenvalue weighted by atomic mass is 16.5. The summed E-state index contributed by atoms with van der Waals surface area (Å²) in [7, 11) is 0. The largest absolute Gasteiger partial charge is 0.489 e. The Kier molecular flexibility index (Phi) is 7.20. The highest BCUT2D eigenvalue weighted by Gasteiger charge is 2.38. The van der Waals surface area contributed by atoms with Gasteiger partial charge in [0.1, 0.15) is 18.6 Å². The summed E-state index contributed by atoms with van der Waals surface area (Å²) >= 11 is 0. The van der Waals surface area contributed by atoms with Crippen molar-refractivity contribution in [1.82, 2.24) is 15.5 Å². The molecule has 2 aliphatic heterocycles. The normalized spacial score (nSPS) is 18.8. The number of rotatable bonds is 8. The quantitative estimate of drug-likeness (QED) is 0.349. The van der Waals surface area contributed by atoms with E-state index in [9.17, 15) is 24.3 Å². The Morgan fingerprint density at radius 1 is 1.19 bits per heavy atom. The number of fused-ring (bicyclic) bond motifs is 1. The number of nitrogens with one attached hydrogen (secondary N) is 3. The number of aliphatic hydroxyl groups excluding tert-OH is 1. The van der Waals surface area contributed by atoms with Crippen molar-refractivity contribution in [2.45, 2.75) is 38.2 Å². The first-order chi connectivity index (χ1) is 17.2. The van der Waals surface area contributed by atoms with E-state index in [0.29, 0.717) is 30.0 Å². The van der Waals surface area contributed by atoms with Crippen LogP contribution in [0.5, 0.6) is 5.75 Å². The van der Waals surface area contributed by atoms with E-state index in [4.69, 9.17) is 9.84 Å². The maximum absolute atomic E-state index is 12.8. The van der Waals surface area contributed by atoms with Crippen LogP contribution in [0.3, 0.4) is 0 Å². The van der Waals surface area contributed by atoms with Gasteiger partial charge in [-0.25, -0.2) is 9.59 Å². The molecule has 5 N–H and O–H groups in total. The molecule has 2 heterocycles. The second-order valence-corrected chi connectivity index (χ2v) is 8.58. The number of urea groups is 1. The van der Waals surface area contributed by atoms with Gasteiger partial charge in [-0.3, -0.25) is 9.59 Å². The van der Waals surface area contributed by atoms with Crippen molar-refractivity contribution in [3.8, 4) is 5.75 Å². The Hall–Kier alpha value is -4.38. The highest BCUT2D eigenvalue weighted by Crippen LogP contribution is 2.29. The molecule has 11 heteroatoms. The molecule has 2 aliphatic rings. The monoisotopic (exact) mass is 494 g/mol. The van der Waals surface area contributed by atoms with Gasteiger partial charge in [-0.15, -0.1) is 0 Å². The predicted molar refractivity (Wildman–Crippen MR) is 128 cm³/mol. The smallest absolute Gasteiger partial charge is 0.334 e. The minimum Gasteiger partial charge on any atom is -0.489 e. The average molecular weight is 495 g/mol. The number of piperidine rings is 1. The van der Waals surface area contributed by atoms with E-state index in [1.165, 1.54) is 0 Å². The number of anilines is 1. The number of benzene rings is 2. The van der Waals surface area contributed by atoms with Gasteiger partial charge in [0.25, 0.3) is 5.91 Å². The summed E-state index contributed by atoms with van der Waals surface area (Å²) in [6.45, 7) is 3.74. The van der Waals surface area contributed by atoms with E-state index in [0.717, 1.165) is 11.1 Å². The first-order valence-electron chi connectivity index (χ1n) is 11.3. The number of aliphatic carboxylic acids is 1. The van der Waals surface area contributed by atoms with Crippen LogP contribution in [-0.4, -0.2) is 57.8 Å². The lowest BCUT2D eigenvalue weighted by Gasteiger charge is -2.35. The number of carbonyl (C=O) groups excluding carboxylic acids is 3. The van der Waals surface area contributed by atoms with Gasteiger partial charge in [0.05, 0.1) is 11.6 Å². The summed E-state index contributed by atoms with van der Waals surface area (Å²) in [6.07, 6.45) is -0.463. The molecule has 1 fully saturated rings. The molecule has 2 aromatic rings. The molecule has 4 rings (SSSR count). The molecule has 0 bridgehead atoms. The molecule has 0 radical (unpaired) electrons. The van der Waals surface area contributed by atoms with Gasteiger partial charge >= 0.3 is 12.0 Å². The molecular weight excluding hydrogens is 468 g/mol. The second-order valence-electron chi connectivity index (χ2n) is 8.58. The highest BCUT2D eigenvalue weighted by molar-refractivity contribution is 5.99. The first-order valence-corrected chi connectivity index (χ1v) is 11.3. The van der Waals surface area contributed by atoms with Crippen LogP contribution in [0.2, 0.25) is 0 Å². The van der Waals surface area contributed by atoms with Gasteiger partial charge in [-0.2, -0.15) is 0 Å². The minimum atomic E-state index is -1.15. The summed E-state index contributed by atoms with van der Waals surface area (Å²) in [6, 6.07) is 10.9. The zero-order valence-electron chi connectivity index (χ0n) is 19.3. The molecule has 11 nitrogen and oxygen atoms in total. The fraction of sp³-hybridized carbons (Fsp3) is 0.280. The molecule has 1 saturated heterocycles. The third-order valence-corrected chi connectivity index (χ3v) is 6.00. The van der Waals surface area contributed by atoms with E-state index in [-0.39, 0.29) is 37.0 Å². The van der Waals surface area contributed by atoms with Gasteiger partial charge in [0.2, 0.25) is 5.91 Å². The van der Waals surface area contributed by atoms with Crippen molar-refractivity contribution in [3.63, 3.8) is 0 Å². The summed E-state index contributed by atoms with van der Waals surface area (Å²) in [5.74, 6) is -1.20. The fourth-order valence-electron chi connectivity index (χ4n) is 4.12. The second kappa shape index (κ2) is 10.5. The number of nitrogens with zero attached hydrogens (tertiary/aromatic N) is 1. The topological polar surface area (TPSA) is 157 Å². The molecule has 0 aromatic heterocycles. The first kappa shape index (κ1) is 24.7. The van der Waals surface area contributed by atoms with Crippen LogP contribution >= 0.6 is 0 Å². The summed E-state index contributed by atoms with van der Waals surface area (Å²) in [5, 5.41) is 27.0. The minimum absolute atomic E-state index is 0.0908. The molecule has 4 amide bonds. The van der Waals surface area contributed by atoms with Gasteiger partial charge in [0.15, 0.2) is 0 Å². The number of hydrogen-bond acceptors (Lipinski definition) is 6. The molecule has 2 aromatic carbocycles. The summed E-state index contributed by atoms with van der Waals surface area (Å²) in [4.78, 5) is 49.1. The van der Waals surface area contributed by atoms with E-state index >= 15 is 0 Å². The molecule has 2 unspecified atom stereocenters. The van der Waals surface area contributed by atoms with Crippen LogP contribution in [0.1, 0.15) is 34.3 Å². The molecule has 2 atom stereocenters. The maximum Gasteiger partial charge on any atom is 0.334 e. The van der Waals surface area contributed by atoms with E-state index < -0.39 is 24.3 Å². The van der Waals surface area contributed by atoms with Crippen LogP contribution < -0.4 is 20.7 Å². The number of carboxylic acids is 1. The molecule has 188 valence electrons. The van der Waals surface area contributed by atoms with Crippen molar-refractivity contribution < 1.29 is 34.1 Å². The number of ether oxygens (including phenoxy) is 1. The SMILES string of the molecule is C=C(COc1cccc(NC(=O)NCc2ccc3c(c2)CN(C2CCC(=O)NC2O)C3=O)c1)C(=O)O. The van der Waals surface area contributed by atoms with E-state index in [1.54, 1.807) is 41.3 Å². The average Bonchev–Trinajstić information content (AvgIpc) is 3.16. The van der Waals surface area contributed by atoms with Crippen LogP contribution in [-0.2, 0) is 22.7 Å². The third-order valence-electron chi connectivity index (χ3n) is 6.00. The molecule has 0 saturated carbocycles. The van der Waals surface area contributed by atoms with Gasteiger partial charge in [-0.1, -0.05) is 24.8 Å². The Morgan fingerprint density at radius 2 is 2.00 bits per heavy atom. The lowest BCUT2D eigenvalue weighted by atomic mass is 10.0. The lowest BCUT2D eigenvalue weighted by molar-refractivity contribution is -0.133. The Balaban J connectivity index is 1.31. The van der Waals surface area contributed by atoms with E-state index in [1.807, 2.05) is 6.07 Å². The zero-order chi connectivity index (χ0) is 25.8. The Labute approximate surface area is 206 Å². The van der Waals surface area contributed by atoms with Gasteiger partial charge in [-0.05, 0) is 35.7 Å². The van der Waals surface area contributed by atoms with Crippen LogP contribution in [0.4, 0.5) is 10.5 Å².